The van der Waals surface area contributed by atoms with Gasteiger partial charge in [0.2, 0.25) is 0 Å². The molecular weight excluding hydrogens is 240 g/mol. The first-order valence-electron chi connectivity index (χ1n) is 5.67. The van der Waals surface area contributed by atoms with Gasteiger partial charge in [-0.05, 0) is 6.92 Å². The lowest BCUT2D eigenvalue weighted by Crippen LogP contribution is -2.45. The van der Waals surface area contributed by atoms with E-state index in [1.165, 1.54) is 6.92 Å². The summed E-state index contributed by atoms with van der Waals surface area (Å²) in [5.41, 5.74) is 0.357. The van der Waals surface area contributed by atoms with E-state index in [-0.39, 0.29) is 25.8 Å². The molecule has 0 spiro atoms. The SMILES string of the molecule is C=C1CN2C(=NC1=O)OCC2O[C@@H](CO)[C@@H](C)O. The van der Waals surface area contributed by atoms with Crippen LogP contribution in [0, 0.1) is 0 Å². The molecule has 7 nitrogen and oxygen atoms in total. The van der Waals surface area contributed by atoms with Crippen molar-refractivity contribution in [3.8, 4) is 0 Å². The normalized spacial score (nSPS) is 26.5. The number of aliphatic hydroxyl groups excluding tert-OH is 2. The number of carbonyl (C=O) groups excluding carboxylic acids is 1. The Hall–Kier alpha value is -1.44. The molecule has 1 amide bonds. The molecule has 2 heterocycles. The Balaban J connectivity index is 2.07. The van der Waals surface area contributed by atoms with E-state index in [9.17, 15) is 9.90 Å². The maximum Gasteiger partial charge on any atom is 0.298 e. The van der Waals surface area contributed by atoms with Gasteiger partial charge in [0.05, 0.1) is 19.3 Å². The van der Waals surface area contributed by atoms with Crippen LogP contribution in [0.25, 0.3) is 0 Å². The van der Waals surface area contributed by atoms with Crippen molar-refractivity contribution in [1.82, 2.24) is 4.90 Å². The quantitative estimate of drug-likeness (QED) is 0.617. The fourth-order valence-corrected chi connectivity index (χ4v) is 1.77. The van der Waals surface area contributed by atoms with Crippen LogP contribution in [0.5, 0.6) is 0 Å². The highest BCUT2D eigenvalue weighted by Gasteiger charge is 2.38. The van der Waals surface area contributed by atoms with E-state index in [2.05, 4.69) is 11.6 Å². The lowest BCUT2D eigenvalue weighted by atomic mass is 10.2. The van der Waals surface area contributed by atoms with Crippen LogP contribution in [-0.4, -0.2) is 65.2 Å². The zero-order chi connectivity index (χ0) is 13.3. The number of hydrogen-bond donors (Lipinski definition) is 2. The summed E-state index contributed by atoms with van der Waals surface area (Å²) < 4.78 is 10.8. The first-order valence-corrected chi connectivity index (χ1v) is 5.67. The molecule has 0 aliphatic carbocycles. The first-order chi connectivity index (χ1) is 8.52. The number of ether oxygens (including phenoxy) is 2. The van der Waals surface area contributed by atoms with Gasteiger partial charge in [-0.1, -0.05) is 6.58 Å². The summed E-state index contributed by atoms with van der Waals surface area (Å²) in [5.74, 6) is -0.392. The van der Waals surface area contributed by atoms with Gasteiger partial charge in [-0.25, -0.2) is 0 Å². The molecule has 0 radical (unpaired) electrons. The van der Waals surface area contributed by atoms with Crippen molar-refractivity contribution >= 4 is 11.9 Å². The molecule has 0 bridgehead atoms. The average Bonchev–Trinajstić information content (AvgIpc) is 2.69. The topological polar surface area (TPSA) is 91.6 Å². The lowest BCUT2D eigenvalue weighted by Gasteiger charge is -2.29. The number of fused-ring (bicyclic) bond motifs is 1. The number of amides is 1. The second-order valence-corrected chi connectivity index (χ2v) is 4.29. The Labute approximate surface area is 104 Å². The summed E-state index contributed by atoms with van der Waals surface area (Å²) >= 11 is 0. The molecule has 0 aromatic carbocycles. The monoisotopic (exact) mass is 256 g/mol. The van der Waals surface area contributed by atoms with E-state index in [0.717, 1.165) is 0 Å². The third-order valence-corrected chi connectivity index (χ3v) is 2.86. The van der Waals surface area contributed by atoms with Crippen molar-refractivity contribution in [3.63, 3.8) is 0 Å². The van der Waals surface area contributed by atoms with Gasteiger partial charge in [-0.3, -0.25) is 9.69 Å². The smallest absolute Gasteiger partial charge is 0.298 e. The summed E-state index contributed by atoms with van der Waals surface area (Å²) in [6, 6.07) is 0.208. The van der Waals surface area contributed by atoms with Gasteiger partial charge in [-0.15, -0.1) is 0 Å². The van der Waals surface area contributed by atoms with Crippen LogP contribution in [0.1, 0.15) is 6.92 Å². The highest BCUT2D eigenvalue weighted by atomic mass is 16.6. The molecule has 1 saturated heterocycles. The van der Waals surface area contributed by atoms with Gasteiger partial charge < -0.3 is 19.7 Å². The van der Waals surface area contributed by atoms with E-state index >= 15 is 0 Å². The molecule has 0 aromatic rings. The maximum atomic E-state index is 11.3. The van der Waals surface area contributed by atoms with E-state index < -0.39 is 24.3 Å². The summed E-state index contributed by atoms with van der Waals surface area (Å²) in [6.07, 6.45) is -1.99. The van der Waals surface area contributed by atoms with Crippen molar-refractivity contribution in [3.05, 3.63) is 12.2 Å². The van der Waals surface area contributed by atoms with Crippen molar-refractivity contribution in [2.24, 2.45) is 4.99 Å². The number of aliphatic hydroxyl groups is 2. The summed E-state index contributed by atoms with van der Waals surface area (Å²) in [7, 11) is 0. The fourth-order valence-electron chi connectivity index (χ4n) is 1.77. The van der Waals surface area contributed by atoms with Crippen molar-refractivity contribution in [1.29, 1.82) is 0 Å². The molecular formula is C11H16N2O5. The van der Waals surface area contributed by atoms with Crippen LogP contribution in [-0.2, 0) is 14.3 Å². The Bertz CT molecular complexity index is 393. The molecule has 2 aliphatic heterocycles. The average molecular weight is 256 g/mol. The van der Waals surface area contributed by atoms with Gasteiger partial charge in [0, 0.05) is 5.57 Å². The molecule has 2 aliphatic rings. The van der Waals surface area contributed by atoms with E-state index in [1.54, 1.807) is 4.90 Å². The van der Waals surface area contributed by atoms with E-state index in [4.69, 9.17) is 14.6 Å². The van der Waals surface area contributed by atoms with Gasteiger partial charge in [-0.2, -0.15) is 4.99 Å². The second-order valence-electron chi connectivity index (χ2n) is 4.29. The first kappa shape index (κ1) is 13.0. The van der Waals surface area contributed by atoms with Crippen molar-refractivity contribution < 1.29 is 24.5 Å². The van der Waals surface area contributed by atoms with Crippen LogP contribution < -0.4 is 0 Å². The van der Waals surface area contributed by atoms with Crippen LogP contribution in [0.4, 0.5) is 0 Å². The third-order valence-electron chi connectivity index (χ3n) is 2.86. The Morgan fingerprint density at radius 3 is 3.06 bits per heavy atom. The number of rotatable bonds is 4. The van der Waals surface area contributed by atoms with Crippen LogP contribution in [0.15, 0.2) is 17.1 Å². The fraction of sp³-hybridized carbons (Fsp3) is 0.636. The minimum absolute atomic E-state index is 0.197. The van der Waals surface area contributed by atoms with Crippen LogP contribution in [0.2, 0.25) is 0 Å². The molecule has 0 saturated carbocycles. The number of carbonyl (C=O) groups is 1. The Morgan fingerprint density at radius 2 is 2.44 bits per heavy atom. The number of nitrogens with zero attached hydrogens (tertiary/aromatic N) is 2. The summed E-state index contributed by atoms with van der Waals surface area (Å²) in [5, 5.41) is 18.5. The lowest BCUT2D eigenvalue weighted by molar-refractivity contribution is -0.125. The molecule has 0 aromatic heterocycles. The molecule has 1 fully saturated rings. The van der Waals surface area contributed by atoms with Crippen LogP contribution in [0.3, 0.4) is 0 Å². The molecule has 1 unspecified atom stereocenters. The Kier molecular flexibility index (Phi) is 3.65. The standard InChI is InChI=1S/C11H16N2O5/c1-6-3-13-9(18-8(4-14)7(2)15)5-17-11(13)12-10(6)16/h7-9,14-15H,1,3-5H2,2H3/t7-,8+,9?/m1/s1. The van der Waals surface area contributed by atoms with Gasteiger partial charge in [0.25, 0.3) is 11.9 Å². The van der Waals surface area contributed by atoms with E-state index in [1.807, 2.05) is 0 Å². The predicted octanol–water partition coefficient (Wildman–Crippen LogP) is -1.14. The van der Waals surface area contributed by atoms with Gasteiger partial charge in [0.15, 0.2) is 6.23 Å². The minimum Gasteiger partial charge on any atom is -0.460 e. The third kappa shape index (κ3) is 2.38. The van der Waals surface area contributed by atoms with E-state index in [0.29, 0.717) is 5.57 Å². The zero-order valence-electron chi connectivity index (χ0n) is 10.1. The summed E-state index contributed by atoms with van der Waals surface area (Å²) in [6.45, 7) is 5.33. The highest BCUT2D eigenvalue weighted by molar-refractivity contribution is 6.03. The molecule has 18 heavy (non-hydrogen) atoms. The predicted molar refractivity (Wildman–Crippen MR) is 61.7 cm³/mol. The second kappa shape index (κ2) is 5.05. The maximum absolute atomic E-state index is 11.3. The Morgan fingerprint density at radius 1 is 1.72 bits per heavy atom. The van der Waals surface area contributed by atoms with Gasteiger partial charge in [0.1, 0.15) is 12.7 Å². The van der Waals surface area contributed by atoms with Gasteiger partial charge >= 0.3 is 0 Å². The molecule has 2 rings (SSSR count). The zero-order valence-corrected chi connectivity index (χ0v) is 10.1. The highest BCUT2D eigenvalue weighted by Crippen LogP contribution is 2.21. The van der Waals surface area contributed by atoms with Crippen molar-refractivity contribution in [2.75, 3.05) is 19.8 Å². The minimum atomic E-state index is -0.800. The molecule has 100 valence electrons. The molecule has 7 heteroatoms. The number of amidine groups is 1. The van der Waals surface area contributed by atoms with Crippen molar-refractivity contribution in [2.45, 2.75) is 25.4 Å². The summed E-state index contributed by atoms with van der Waals surface area (Å²) in [4.78, 5) is 16.7. The number of aliphatic imine (C=N–C) groups is 1. The number of hydrogen-bond acceptors (Lipinski definition) is 6. The largest absolute Gasteiger partial charge is 0.460 e. The molecule has 2 N–H and O–H groups in total. The van der Waals surface area contributed by atoms with Crippen LogP contribution >= 0.6 is 0 Å². The molecule has 3 atom stereocenters.